The summed E-state index contributed by atoms with van der Waals surface area (Å²) in [6, 6.07) is 5.58. The van der Waals surface area contributed by atoms with Gasteiger partial charge in [-0.25, -0.2) is 0 Å². The summed E-state index contributed by atoms with van der Waals surface area (Å²) in [5, 5.41) is 0. The summed E-state index contributed by atoms with van der Waals surface area (Å²) in [6.45, 7) is 14.5. The van der Waals surface area contributed by atoms with Crippen molar-refractivity contribution in [3.8, 4) is 5.75 Å². The number of aryl methyl sites for hydroxylation is 1. The van der Waals surface area contributed by atoms with Crippen molar-refractivity contribution >= 4 is 11.8 Å². The Morgan fingerprint density at radius 2 is 1.65 bits per heavy atom. The van der Waals surface area contributed by atoms with E-state index in [2.05, 4.69) is 20.8 Å². The van der Waals surface area contributed by atoms with Crippen LogP contribution in [-0.4, -0.2) is 53.9 Å². The fourth-order valence-electron chi connectivity index (χ4n) is 3.08. The number of nitrogens with zero attached hydrogens (tertiary/aromatic N) is 2. The molecule has 5 heteroatoms. The number of benzene rings is 1. The molecule has 2 amide bonds. The summed E-state index contributed by atoms with van der Waals surface area (Å²) in [4.78, 5) is 28.8. The number of amides is 2. The predicted octanol–water partition coefficient (Wildman–Crippen LogP) is 3.50. The first-order valence-corrected chi connectivity index (χ1v) is 9.41. The van der Waals surface area contributed by atoms with Crippen LogP contribution in [0, 0.1) is 12.3 Å². The van der Waals surface area contributed by atoms with Gasteiger partial charge in [0, 0.05) is 38.2 Å². The molecule has 0 aromatic heterocycles. The van der Waals surface area contributed by atoms with E-state index in [-0.39, 0.29) is 23.3 Å². The molecule has 1 fully saturated rings. The van der Waals surface area contributed by atoms with Crippen molar-refractivity contribution in [3.63, 3.8) is 0 Å². The molecule has 1 saturated heterocycles. The van der Waals surface area contributed by atoms with Crippen LogP contribution in [0.1, 0.15) is 57.0 Å². The van der Waals surface area contributed by atoms with Crippen LogP contribution in [0.3, 0.4) is 0 Å². The lowest BCUT2D eigenvalue weighted by molar-refractivity contribution is -0.134. The van der Waals surface area contributed by atoms with Gasteiger partial charge in [0.25, 0.3) is 5.91 Å². The number of hydrogen-bond donors (Lipinski definition) is 0. The van der Waals surface area contributed by atoms with Gasteiger partial charge in [-0.15, -0.1) is 0 Å². The van der Waals surface area contributed by atoms with E-state index in [1.54, 1.807) is 0 Å². The third kappa shape index (κ3) is 5.48. The first-order valence-electron chi connectivity index (χ1n) is 9.41. The number of hydrogen-bond acceptors (Lipinski definition) is 3. The molecular formula is C21H32N2O3. The molecule has 1 aromatic rings. The van der Waals surface area contributed by atoms with E-state index < -0.39 is 0 Å². The first-order chi connectivity index (χ1) is 12.1. The van der Waals surface area contributed by atoms with Crippen LogP contribution in [0.15, 0.2) is 18.2 Å². The van der Waals surface area contributed by atoms with E-state index in [1.807, 2.05) is 48.8 Å². The summed E-state index contributed by atoms with van der Waals surface area (Å²) < 4.78 is 5.74. The van der Waals surface area contributed by atoms with Gasteiger partial charge in [0.05, 0.1) is 6.10 Å². The van der Waals surface area contributed by atoms with E-state index in [0.29, 0.717) is 38.2 Å². The lowest BCUT2D eigenvalue weighted by atomic mass is 9.91. The number of rotatable bonds is 4. The van der Waals surface area contributed by atoms with Crippen molar-refractivity contribution in [2.24, 2.45) is 5.41 Å². The third-order valence-corrected chi connectivity index (χ3v) is 4.39. The van der Waals surface area contributed by atoms with E-state index in [0.717, 1.165) is 11.3 Å². The largest absolute Gasteiger partial charge is 0.491 e. The highest BCUT2D eigenvalue weighted by atomic mass is 16.5. The van der Waals surface area contributed by atoms with Gasteiger partial charge >= 0.3 is 0 Å². The summed E-state index contributed by atoms with van der Waals surface area (Å²) in [5.74, 6) is 1.01. The van der Waals surface area contributed by atoms with Crippen molar-refractivity contribution < 1.29 is 14.3 Å². The molecule has 0 atom stereocenters. The molecule has 2 rings (SSSR count). The van der Waals surface area contributed by atoms with Crippen molar-refractivity contribution in [1.29, 1.82) is 0 Å². The summed E-state index contributed by atoms with van der Waals surface area (Å²) in [6.07, 6.45) is 0.645. The molecule has 0 unspecified atom stereocenters. The predicted molar refractivity (Wildman–Crippen MR) is 103 cm³/mol. The Morgan fingerprint density at radius 1 is 1.08 bits per heavy atom. The topological polar surface area (TPSA) is 49.9 Å². The maximum Gasteiger partial charge on any atom is 0.253 e. The first kappa shape index (κ1) is 20.3. The number of carbonyl (C=O) groups excluding carboxylic acids is 2. The van der Waals surface area contributed by atoms with E-state index in [4.69, 9.17) is 4.74 Å². The van der Waals surface area contributed by atoms with Crippen LogP contribution in [0.4, 0.5) is 0 Å². The van der Waals surface area contributed by atoms with Crippen LogP contribution in [0.25, 0.3) is 0 Å². The Bertz CT molecular complexity index is 654. The minimum absolute atomic E-state index is 0.0125. The van der Waals surface area contributed by atoms with Crippen LogP contribution < -0.4 is 4.74 Å². The highest BCUT2D eigenvalue weighted by molar-refractivity contribution is 5.94. The Labute approximate surface area is 157 Å². The summed E-state index contributed by atoms with van der Waals surface area (Å²) >= 11 is 0. The van der Waals surface area contributed by atoms with Crippen molar-refractivity contribution in [1.82, 2.24) is 9.80 Å². The molecule has 0 N–H and O–H groups in total. The van der Waals surface area contributed by atoms with Crippen molar-refractivity contribution in [3.05, 3.63) is 29.3 Å². The Morgan fingerprint density at radius 3 is 2.15 bits per heavy atom. The number of ether oxygens (including phenoxy) is 1. The molecule has 0 saturated carbocycles. The average molecular weight is 360 g/mol. The molecule has 0 bridgehead atoms. The SMILES string of the molecule is Cc1cc(C(=O)N2CCN(C(=O)CC(C)(C)C)CC2)ccc1OC(C)C. The molecular weight excluding hydrogens is 328 g/mol. The van der Waals surface area contributed by atoms with Gasteiger partial charge < -0.3 is 14.5 Å². The van der Waals surface area contributed by atoms with Crippen molar-refractivity contribution in [2.45, 2.75) is 54.1 Å². The summed E-state index contributed by atoms with van der Waals surface area (Å²) in [5.41, 5.74) is 1.62. The molecule has 1 aliphatic rings. The third-order valence-electron chi connectivity index (χ3n) is 4.39. The van der Waals surface area contributed by atoms with Gasteiger partial charge in [-0.3, -0.25) is 9.59 Å². The van der Waals surface area contributed by atoms with Crippen LogP contribution in [-0.2, 0) is 4.79 Å². The van der Waals surface area contributed by atoms with E-state index in [9.17, 15) is 9.59 Å². The molecule has 1 heterocycles. The Balaban J connectivity index is 1.96. The fourth-order valence-corrected chi connectivity index (χ4v) is 3.08. The smallest absolute Gasteiger partial charge is 0.253 e. The summed E-state index contributed by atoms with van der Waals surface area (Å²) in [7, 11) is 0. The normalized spacial score (nSPS) is 15.3. The maximum atomic E-state index is 12.8. The lowest BCUT2D eigenvalue weighted by Gasteiger charge is -2.36. The zero-order chi connectivity index (χ0) is 19.5. The van der Waals surface area contributed by atoms with E-state index in [1.165, 1.54) is 0 Å². The van der Waals surface area contributed by atoms with Crippen molar-refractivity contribution in [2.75, 3.05) is 26.2 Å². The highest BCUT2D eigenvalue weighted by Crippen LogP contribution is 2.23. The standard InChI is InChI=1S/C21H32N2O3/c1-15(2)26-18-8-7-17(13-16(18)3)20(25)23-11-9-22(10-12-23)19(24)14-21(4,5)6/h7-8,13,15H,9-12,14H2,1-6H3. The maximum absolute atomic E-state index is 12.8. The average Bonchev–Trinajstić information content (AvgIpc) is 2.54. The van der Waals surface area contributed by atoms with Crippen LogP contribution in [0.5, 0.6) is 5.75 Å². The molecule has 0 radical (unpaired) electrons. The van der Waals surface area contributed by atoms with Gasteiger partial charge in [-0.1, -0.05) is 20.8 Å². The lowest BCUT2D eigenvalue weighted by Crippen LogP contribution is -2.51. The zero-order valence-corrected chi connectivity index (χ0v) is 17.0. The minimum atomic E-state index is -0.0125. The van der Waals surface area contributed by atoms with Gasteiger partial charge in [-0.05, 0) is 49.9 Å². The number of piperazine rings is 1. The van der Waals surface area contributed by atoms with Crippen LogP contribution in [0.2, 0.25) is 0 Å². The van der Waals surface area contributed by atoms with Gasteiger partial charge in [0.15, 0.2) is 0 Å². The second kappa shape index (κ2) is 8.11. The monoisotopic (exact) mass is 360 g/mol. The second-order valence-electron chi connectivity index (χ2n) is 8.56. The second-order valence-corrected chi connectivity index (χ2v) is 8.56. The highest BCUT2D eigenvalue weighted by Gasteiger charge is 2.27. The van der Waals surface area contributed by atoms with Gasteiger partial charge in [-0.2, -0.15) is 0 Å². The zero-order valence-electron chi connectivity index (χ0n) is 17.0. The minimum Gasteiger partial charge on any atom is -0.491 e. The van der Waals surface area contributed by atoms with Crippen LogP contribution >= 0.6 is 0 Å². The Hall–Kier alpha value is -2.04. The van der Waals surface area contributed by atoms with E-state index >= 15 is 0 Å². The quantitative estimate of drug-likeness (QED) is 0.826. The molecule has 0 aliphatic carbocycles. The van der Waals surface area contributed by atoms with Gasteiger partial charge in [0.2, 0.25) is 5.91 Å². The molecule has 144 valence electrons. The molecule has 5 nitrogen and oxygen atoms in total. The molecule has 1 aliphatic heterocycles. The molecule has 26 heavy (non-hydrogen) atoms. The fraction of sp³-hybridized carbons (Fsp3) is 0.619. The molecule has 0 spiro atoms. The van der Waals surface area contributed by atoms with Gasteiger partial charge in [0.1, 0.15) is 5.75 Å². The number of carbonyl (C=O) groups is 2. The Kier molecular flexibility index (Phi) is 6.32. The molecule has 1 aromatic carbocycles.